The van der Waals surface area contributed by atoms with Gasteiger partial charge in [0.1, 0.15) is 5.75 Å². The molecule has 1 fully saturated rings. The molecule has 1 saturated heterocycles. The van der Waals surface area contributed by atoms with E-state index in [9.17, 15) is 0 Å². The molecule has 0 radical (unpaired) electrons. The second-order valence-electron chi connectivity index (χ2n) is 4.95. The summed E-state index contributed by atoms with van der Waals surface area (Å²) in [6, 6.07) is 9.96. The van der Waals surface area contributed by atoms with Gasteiger partial charge in [-0.15, -0.1) is 0 Å². The van der Waals surface area contributed by atoms with Gasteiger partial charge in [0, 0.05) is 25.4 Å². The smallest absolute Gasteiger partial charge is 0.228 e. The van der Waals surface area contributed by atoms with Crippen LogP contribution in [-0.4, -0.2) is 42.5 Å². The normalized spacial score (nSPS) is 18.6. The Hall–Kier alpha value is -1.92. The molecule has 0 amide bonds. The Morgan fingerprint density at radius 3 is 3.00 bits per heavy atom. The van der Waals surface area contributed by atoms with E-state index in [4.69, 9.17) is 14.0 Å². The maximum Gasteiger partial charge on any atom is 0.228 e. The summed E-state index contributed by atoms with van der Waals surface area (Å²) in [5.41, 5.74) is 0. The van der Waals surface area contributed by atoms with E-state index >= 15 is 0 Å². The van der Waals surface area contributed by atoms with Crippen molar-refractivity contribution in [3.63, 3.8) is 0 Å². The van der Waals surface area contributed by atoms with Crippen molar-refractivity contribution in [1.29, 1.82) is 0 Å². The van der Waals surface area contributed by atoms with Gasteiger partial charge in [0.05, 0.1) is 19.8 Å². The second-order valence-corrected chi connectivity index (χ2v) is 4.95. The lowest BCUT2D eigenvalue weighted by Crippen LogP contribution is -2.42. The number of nitrogens with zero attached hydrogens (tertiary/aromatic N) is 2. The first kappa shape index (κ1) is 14.0. The van der Waals surface area contributed by atoms with Crippen LogP contribution in [0.5, 0.6) is 5.75 Å². The summed E-state index contributed by atoms with van der Waals surface area (Å²) >= 11 is 0. The number of nitrogens with one attached hydrogen (secondary N) is 1. The molecule has 1 aliphatic heterocycles. The standard InChI is InChI=1S/C15H19N3O3/c1-2-4-13(5-3-1)20-8-6-14-17-15(21-18-14)10-12-11-19-9-7-16-12/h1-5,12,16H,6-11H2. The van der Waals surface area contributed by atoms with E-state index in [2.05, 4.69) is 15.5 Å². The zero-order chi connectivity index (χ0) is 14.3. The van der Waals surface area contributed by atoms with Crippen LogP contribution >= 0.6 is 0 Å². The highest BCUT2D eigenvalue weighted by molar-refractivity contribution is 5.20. The molecule has 21 heavy (non-hydrogen) atoms. The highest BCUT2D eigenvalue weighted by atomic mass is 16.5. The minimum atomic E-state index is 0.257. The molecule has 1 N–H and O–H groups in total. The molecular weight excluding hydrogens is 270 g/mol. The number of morpholine rings is 1. The van der Waals surface area contributed by atoms with Crippen molar-refractivity contribution in [2.75, 3.05) is 26.4 Å². The van der Waals surface area contributed by atoms with Gasteiger partial charge in [-0.1, -0.05) is 23.4 Å². The summed E-state index contributed by atoms with van der Waals surface area (Å²) < 4.78 is 16.3. The summed E-state index contributed by atoms with van der Waals surface area (Å²) in [5, 5.41) is 7.34. The van der Waals surface area contributed by atoms with Gasteiger partial charge >= 0.3 is 0 Å². The Bertz CT molecular complexity index is 538. The van der Waals surface area contributed by atoms with Crippen molar-refractivity contribution >= 4 is 0 Å². The van der Waals surface area contributed by atoms with Crippen molar-refractivity contribution in [2.24, 2.45) is 0 Å². The second kappa shape index (κ2) is 7.19. The van der Waals surface area contributed by atoms with Crippen LogP contribution in [0, 0.1) is 0 Å². The number of hydrogen-bond acceptors (Lipinski definition) is 6. The van der Waals surface area contributed by atoms with Crippen molar-refractivity contribution in [3.8, 4) is 5.75 Å². The molecule has 6 heteroatoms. The minimum Gasteiger partial charge on any atom is -0.493 e. The van der Waals surface area contributed by atoms with Crippen molar-refractivity contribution in [3.05, 3.63) is 42.0 Å². The predicted octanol–water partition coefficient (Wildman–Crippen LogP) is 1.22. The lowest BCUT2D eigenvalue weighted by molar-refractivity contribution is 0.0744. The Morgan fingerprint density at radius 1 is 1.29 bits per heavy atom. The van der Waals surface area contributed by atoms with Crippen molar-refractivity contribution in [1.82, 2.24) is 15.5 Å². The summed E-state index contributed by atoms with van der Waals surface area (Å²) in [7, 11) is 0. The Kier molecular flexibility index (Phi) is 4.81. The summed E-state index contributed by atoms with van der Waals surface area (Å²) in [6.07, 6.45) is 1.33. The average Bonchev–Trinajstić information content (AvgIpc) is 2.97. The number of benzene rings is 1. The monoisotopic (exact) mass is 289 g/mol. The van der Waals surface area contributed by atoms with Gasteiger partial charge in [-0.05, 0) is 12.1 Å². The molecule has 0 aliphatic carbocycles. The predicted molar refractivity (Wildman–Crippen MR) is 76.3 cm³/mol. The van der Waals surface area contributed by atoms with Crippen LogP contribution in [0.15, 0.2) is 34.9 Å². The first-order valence-electron chi connectivity index (χ1n) is 7.20. The van der Waals surface area contributed by atoms with Gasteiger partial charge in [0.25, 0.3) is 0 Å². The van der Waals surface area contributed by atoms with E-state index in [1.54, 1.807) is 0 Å². The third kappa shape index (κ3) is 4.27. The molecule has 2 heterocycles. The van der Waals surface area contributed by atoms with Crippen LogP contribution in [0.25, 0.3) is 0 Å². The Morgan fingerprint density at radius 2 is 2.19 bits per heavy atom. The third-order valence-corrected chi connectivity index (χ3v) is 3.27. The third-order valence-electron chi connectivity index (χ3n) is 3.27. The van der Waals surface area contributed by atoms with Gasteiger partial charge in [-0.2, -0.15) is 4.98 Å². The van der Waals surface area contributed by atoms with Crippen molar-refractivity contribution in [2.45, 2.75) is 18.9 Å². The van der Waals surface area contributed by atoms with Gasteiger partial charge in [-0.3, -0.25) is 0 Å². The van der Waals surface area contributed by atoms with Crippen LogP contribution < -0.4 is 10.1 Å². The lowest BCUT2D eigenvalue weighted by Gasteiger charge is -2.22. The van der Waals surface area contributed by atoms with E-state index < -0.39 is 0 Å². The molecule has 0 spiro atoms. The van der Waals surface area contributed by atoms with E-state index in [0.717, 1.165) is 18.9 Å². The van der Waals surface area contributed by atoms with Crippen LogP contribution in [0.3, 0.4) is 0 Å². The SMILES string of the molecule is c1ccc(OCCc2noc(CC3COCCN3)n2)cc1. The average molecular weight is 289 g/mol. The zero-order valence-corrected chi connectivity index (χ0v) is 11.8. The minimum absolute atomic E-state index is 0.257. The molecule has 1 aliphatic rings. The van der Waals surface area contributed by atoms with Crippen LogP contribution in [-0.2, 0) is 17.6 Å². The van der Waals surface area contributed by atoms with Gasteiger partial charge in [0.15, 0.2) is 5.82 Å². The summed E-state index contributed by atoms with van der Waals surface area (Å²) in [6.45, 7) is 2.86. The largest absolute Gasteiger partial charge is 0.493 e. The molecule has 1 aromatic carbocycles. The Balaban J connectivity index is 1.44. The molecule has 6 nitrogen and oxygen atoms in total. The molecule has 112 valence electrons. The number of aromatic nitrogens is 2. The number of ether oxygens (including phenoxy) is 2. The number of para-hydroxylation sites is 1. The molecule has 3 rings (SSSR count). The topological polar surface area (TPSA) is 69.4 Å². The number of hydrogen-bond donors (Lipinski definition) is 1. The lowest BCUT2D eigenvalue weighted by atomic mass is 10.2. The van der Waals surface area contributed by atoms with E-state index in [0.29, 0.717) is 37.8 Å². The highest BCUT2D eigenvalue weighted by Crippen LogP contribution is 2.09. The van der Waals surface area contributed by atoms with Crippen LogP contribution in [0.1, 0.15) is 11.7 Å². The van der Waals surface area contributed by atoms with Gasteiger partial charge in [0.2, 0.25) is 5.89 Å². The molecule has 0 saturated carbocycles. The molecule has 2 aromatic rings. The highest BCUT2D eigenvalue weighted by Gasteiger charge is 2.17. The van der Waals surface area contributed by atoms with Gasteiger partial charge in [-0.25, -0.2) is 0 Å². The van der Waals surface area contributed by atoms with E-state index in [1.165, 1.54) is 0 Å². The van der Waals surface area contributed by atoms with E-state index in [1.807, 2.05) is 30.3 Å². The fraction of sp³-hybridized carbons (Fsp3) is 0.467. The Labute approximate surface area is 123 Å². The van der Waals surface area contributed by atoms with Crippen LogP contribution in [0.2, 0.25) is 0 Å². The summed E-state index contributed by atoms with van der Waals surface area (Å²) in [5.74, 6) is 2.18. The molecule has 1 atom stereocenters. The first-order valence-corrected chi connectivity index (χ1v) is 7.20. The molecule has 1 aromatic heterocycles. The fourth-order valence-electron chi connectivity index (χ4n) is 2.21. The maximum atomic E-state index is 5.62. The maximum absolute atomic E-state index is 5.62. The van der Waals surface area contributed by atoms with Crippen molar-refractivity contribution < 1.29 is 14.0 Å². The molecule has 0 bridgehead atoms. The number of rotatable bonds is 6. The quantitative estimate of drug-likeness (QED) is 0.862. The van der Waals surface area contributed by atoms with Gasteiger partial charge < -0.3 is 19.3 Å². The zero-order valence-electron chi connectivity index (χ0n) is 11.8. The van der Waals surface area contributed by atoms with E-state index in [-0.39, 0.29) is 6.04 Å². The first-order chi connectivity index (χ1) is 10.4. The summed E-state index contributed by atoms with van der Waals surface area (Å²) in [4.78, 5) is 4.38. The molecular formula is C15H19N3O3. The molecule has 1 unspecified atom stereocenters. The van der Waals surface area contributed by atoms with Crippen LogP contribution in [0.4, 0.5) is 0 Å². The fourth-order valence-corrected chi connectivity index (χ4v) is 2.21.